The summed E-state index contributed by atoms with van der Waals surface area (Å²) in [6.45, 7) is 0. The Hall–Kier alpha value is -1.68. The minimum atomic E-state index is -0.273. The van der Waals surface area contributed by atoms with E-state index in [1.54, 1.807) is 0 Å². The minimum Gasteiger partial charge on any atom is -0.289 e. The summed E-state index contributed by atoms with van der Waals surface area (Å²) in [5, 5.41) is 10.5. The first-order valence-electron chi connectivity index (χ1n) is 5.45. The Morgan fingerprint density at radius 1 is 1.24 bits per heavy atom. The maximum absolute atomic E-state index is 9.62. The van der Waals surface area contributed by atoms with Gasteiger partial charge in [0.1, 0.15) is 6.04 Å². The van der Waals surface area contributed by atoms with Crippen LogP contribution in [0.2, 0.25) is 0 Å². The van der Waals surface area contributed by atoms with Gasteiger partial charge in [-0.05, 0) is 17.2 Å². The van der Waals surface area contributed by atoms with Gasteiger partial charge in [0.2, 0.25) is 0 Å². The van der Waals surface area contributed by atoms with Crippen LogP contribution in [-0.4, -0.2) is 23.6 Å². The van der Waals surface area contributed by atoms with E-state index in [0.717, 1.165) is 16.4 Å². The molecule has 88 valence electrons. The van der Waals surface area contributed by atoms with E-state index in [-0.39, 0.29) is 6.04 Å². The van der Waals surface area contributed by atoms with Crippen LogP contribution in [0.15, 0.2) is 60.2 Å². The molecule has 2 rings (SSSR count). The first kappa shape index (κ1) is 11.8. The van der Waals surface area contributed by atoms with Gasteiger partial charge in [0.25, 0.3) is 0 Å². The lowest BCUT2D eigenvalue weighted by Gasteiger charge is -2.23. The van der Waals surface area contributed by atoms with Crippen LogP contribution >= 0.6 is 0 Å². The first-order valence-corrected chi connectivity index (χ1v) is 5.45. The third kappa shape index (κ3) is 2.91. The largest absolute Gasteiger partial charge is 0.289 e. The lowest BCUT2D eigenvalue weighted by Crippen LogP contribution is -2.31. The summed E-state index contributed by atoms with van der Waals surface area (Å²) >= 11 is 0. The van der Waals surface area contributed by atoms with Crippen molar-refractivity contribution in [3.05, 3.63) is 65.8 Å². The number of benzene rings is 1. The monoisotopic (exact) mass is 229 g/mol. The van der Waals surface area contributed by atoms with Gasteiger partial charge in [-0.25, -0.2) is 0 Å². The quantitative estimate of drug-likeness (QED) is 0.809. The molecule has 0 aliphatic heterocycles. The standard InChI is InChI=1S/C14H15NO2/c1-17-15(16)14-10-6-5-9-13(14)11-12-7-3-2-4-8-12/h2-11,14,16H,1H3. The molecule has 0 heterocycles. The molecule has 0 spiro atoms. The summed E-state index contributed by atoms with van der Waals surface area (Å²) in [5.74, 6) is 0. The molecule has 0 amide bonds. The van der Waals surface area contributed by atoms with E-state index in [1.165, 1.54) is 7.11 Å². The molecular formula is C14H15NO2. The average Bonchev–Trinajstić information content (AvgIpc) is 2.40. The van der Waals surface area contributed by atoms with Gasteiger partial charge >= 0.3 is 0 Å². The number of rotatable bonds is 3. The van der Waals surface area contributed by atoms with Crippen molar-refractivity contribution >= 4 is 6.08 Å². The number of nitrogens with zero attached hydrogens (tertiary/aromatic N) is 1. The summed E-state index contributed by atoms with van der Waals surface area (Å²) in [5.41, 5.74) is 2.07. The lowest BCUT2D eigenvalue weighted by atomic mass is 10.00. The molecule has 1 aliphatic rings. The summed E-state index contributed by atoms with van der Waals surface area (Å²) < 4.78 is 0. The topological polar surface area (TPSA) is 32.7 Å². The van der Waals surface area contributed by atoms with Crippen LogP contribution in [0.1, 0.15) is 5.56 Å². The van der Waals surface area contributed by atoms with Crippen LogP contribution in [-0.2, 0) is 4.84 Å². The highest BCUT2D eigenvalue weighted by Gasteiger charge is 2.18. The Morgan fingerprint density at radius 2 is 2.00 bits per heavy atom. The number of allylic oxidation sites excluding steroid dienone is 2. The van der Waals surface area contributed by atoms with Crippen molar-refractivity contribution in [2.75, 3.05) is 7.11 Å². The fourth-order valence-corrected chi connectivity index (χ4v) is 1.74. The second kappa shape index (κ2) is 5.59. The smallest absolute Gasteiger partial charge is 0.106 e. The Bertz CT molecular complexity index is 449. The summed E-state index contributed by atoms with van der Waals surface area (Å²) in [7, 11) is 1.44. The molecule has 1 aromatic rings. The molecule has 1 aliphatic carbocycles. The van der Waals surface area contributed by atoms with Crippen LogP contribution in [0, 0.1) is 0 Å². The van der Waals surface area contributed by atoms with Gasteiger partial charge in [-0.15, -0.1) is 0 Å². The Morgan fingerprint density at radius 3 is 2.71 bits per heavy atom. The van der Waals surface area contributed by atoms with E-state index in [9.17, 15) is 5.21 Å². The number of hydroxylamine groups is 2. The van der Waals surface area contributed by atoms with E-state index < -0.39 is 0 Å². The number of hydrogen-bond acceptors (Lipinski definition) is 3. The van der Waals surface area contributed by atoms with Crippen molar-refractivity contribution in [1.29, 1.82) is 0 Å². The SMILES string of the molecule is CON(O)C1C=CC=CC1=Cc1ccccc1. The fraction of sp³-hybridized carbons (Fsp3) is 0.143. The molecule has 1 N–H and O–H groups in total. The predicted octanol–water partition coefficient (Wildman–Crippen LogP) is 2.82. The van der Waals surface area contributed by atoms with Crippen LogP contribution in [0.5, 0.6) is 0 Å². The van der Waals surface area contributed by atoms with Gasteiger partial charge < -0.3 is 0 Å². The molecule has 1 unspecified atom stereocenters. The summed E-state index contributed by atoms with van der Waals surface area (Å²) in [6.07, 6.45) is 9.68. The maximum atomic E-state index is 9.62. The zero-order chi connectivity index (χ0) is 12.1. The van der Waals surface area contributed by atoms with Crippen LogP contribution in [0.4, 0.5) is 0 Å². The maximum Gasteiger partial charge on any atom is 0.106 e. The Balaban J connectivity index is 2.27. The van der Waals surface area contributed by atoms with Crippen LogP contribution in [0.25, 0.3) is 6.08 Å². The average molecular weight is 229 g/mol. The molecule has 1 aromatic carbocycles. The van der Waals surface area contributed by atoms with Gasteiger partial charge in [0, 0.05) is 0 Å². The molecule has 0 radical (unpaired) electrons. The van der Waals surface area contributed by atoms with Crippen molar-refractivity contribution in [3.63, 3.8) is 0 Å². The van der Waals surface area contributed by atoms with Gasteiger partial charge in [0.05, 0.1) is 7.11 Å². The van der Waals surface area contributed by atoms with Gasteiger partial charge in [-0.3, -0.25) is 10.0 Å². The lowest BCUT2D eigenvalue weighted by molar-refractivity contribution is -0.334. The first-order chi connectivity index (χ1) is 8.31. The van der Waals surface area contributed by atoms with Crippen molar-refractivity contribution < 1.29 is 10.0 Å². The van der Waals surface area contributed by atoms with Crippen LogP contribution in [0.3, 0.4) is 0 Å². The normalized spacial score (nSPS) is 21.4. The van der Waals surface area contributed by atoms with E-state index in [4.69, 9.17) is 4.84 Å². The van der Waals surface area contributed by atoms with Crippen molar-refractivity contribution in [2.45, 2.75) is 6.04 Å². The van der Waals surface area contributed by atoms with Crippen LogP contribution < -0.4 is 0 Å². The summed E-state index contributed by atoms with van der Waals surface area (Å²) in [6, 6.07) is 9.71. The second-order valence-corrected chi connectivity index (χ2v) is 3.73. The van der Waals surface area contributed by atoms with E-state index >= 15 is 0 Å². The molecule has 0 saturated heterocycles. The van der Waals surface area contributed by atoms with E-state index in [1.807, 2.05) is 60.7 Å². The fourth-order valence-electron chi connectivity index (χ4n) is 1.74. The molecule has 3 heteroatoms. The van der Waals surface area contributed by atoms with E-state index in [0.29, 0.717) is 0 Å². The highest BCUT2D eigenvalue weighted by molar-refractivity contribution is 5.59. The van der Waals surface area contributed by atoms with Crippen molar-refractivity contribution in [2.24, 2.45) is 0 Å². The van der Waals surface area contributed by atoms with Gasteiger partial charge in [0.15, 0.2) is 0 Å². The Kier molecular flexibility index (Phi) is 3.88. The molecule has 0 fully saturated rings. The van der Waals surface area contributed by atoms with Crippen molar-refractivity contribution in [3.8, 4) is 0 Å². The molecule has 3 nitrogen and oxygen atoms in total. The van der Waals surface area contributed by atoms with E-state index in [2.05, 4.69) is 0 Å². The molecule has 0 bridgehead atoms. The zero-order valence-corrected chi connectivity index (χ0v) is 9.65. The van der Waals surface area contributed by atoms with Gasteiger partial charge in [-0.2, -0.15) is 0 Å². The minimum absolute atomic E-state index is 0.273. The highest BCUT2D eigenvalue weighted by Crippen LogP contribution is 2.19. The Labute approximate surface area is 101 Å². The third-order valence-electron chi connectivity index (χ3n) is 2.59. The predicted molar refractivity (Wildman–Crippen MR) is 67.1 cm³/mol. The number of hydrogen-bond donors (Lipinski definition) is 1. The van der Waals surface area contributed by atoms with Gasteiger partial charge in [-0.1, -0.05) is 59.9 Å². The molecule has 17 heavy (non-hydrogen) atoms. The highest BCUT2D eigenvalue weighted by atomic mass is 16.9. The molecule has 1 atom stereocenters. The summed E-state index contributed by atoms with van der Waals surface area (Å²) in [4.78, 5) is 4.82. The zero-order valence-electron chi connectivity index (χ0n) is 9.65. The molecule has 0 saturated carbocycles. The second-order valence-electron chi connectivity index (χ2n) is 3.73. The molecule has 0 aromatic heterocycles. The molecular weight excluding hydrogens is 214 g/mol. The third-order valence-corrected chi connectivity index (χ3v) is 2.59. The van der Waals surface area contributed by atoms with Crippen molar-refractivity contribution in [1.82, 2.24) is 5.23 Å².